The molecule has 1 saturated carbocycles. The summed E-state index contributed by atoms with van der Waals surface area (Å²) in [5.74, 6) is 0. The van der Waals surface area contributed by atoms with Crippen molar-refractivity contribution >= 4 is 11.3 Å². The minimum atomic E-state index is -0.240. The Morgan fingerprint density at radius 3 is 2.77 bits per heavy atom. The van der Waals surface area contributed by atoms with Crippen molar-refractivity contribution in [2.75, 3.05) is 0 Å². The minimum Gasteiger partial charge on any atom is -0.322 e. The van der Waals surface area contributed by atoms with E-state index in [1.807, 2.05) is 5.38 Å². The fraction of sp³-hybridized carbons (Fsp3) is 0.500. The highest BCUT2D eigenvalue weighted by molar-refractivity contribution is 7.10. The molecule has 0 saturated heterocycles. The number of rotatable bonds is 2. The van der Waals surface area contributed by atoms with Crippen LogP contribution in [0.15, 0.2) is 11.4 Å². The molecule has 2 nitrogen and oxygen atoms in total. The first-order chi connectivity index (χ1) is 6.19. The summed E-state index contributed by atoms with van der Waals surface area (Å²) in [6.45, 7) is 2.05. The fourth-order valence-corrected chi connectivity index (χ4v) is 2.63. The zero-order valence-corrected chi connectivity index (χ0v) is 8.40. The van der Waals surface area contributed by atoms with E-state index >= 15 is 0 Å². The number of nitriles is 1. The van der Waals surface area contributed by atoms with Gasteiger partial charge in [-0.2, -0.15) is 5.26 Å². The average Bonchev–Trinajstić information content (AvgIpc) is 2.83. The Hall–Kier alpha value is -0.850. The lowest BCUT2D eigenvalue weighted by Gasteiger charge is -2.15. The first-order valence-electron chi connectivity index (χ1n) is 4.40. The van der Waals surface area contributed by atoms with Crippen molar-refractivity contribution in [2.24, 2.45) is 11.1 Å². The second-order valence-electron chi connectivity index (χ2n) is 3.71. The van der Waals surface area contributed by atoms with Gasteiger partial charge in [-0.3, -0.25) is 0 Å². The van der Waals surface area contributed by atoms with Crippen LogP contribution in [0.25, 0.3) is 0 Å². The smallest absolute Gasteiger partial charge is 0.0775 e. The number of hydrogen-bond acceptors (Lipinski definition) is 3. The van der Waals surface area contributed by atoms with E-state index in [2.05, 4.69) is 19.1 Å². The molecule has 1 aromatic rings. The largest absolute Gasteiger partial charge is 0.322 e. The van der Waals surface area contributed by atoms with E-state index in [1.54, 1.807) is 11.3 Å². The molecule has 0 radical (unpaired) electrons. The summed E-state index contributed by atoms with van der Waals surface area (Å²) in [5, 5.41) is 11.0. The molecule has 2 N–H and O–H groups in total. The molecule has 1 aliphatic carbocycles. The van der Waals surface area contributed by atoms with E-state index < -0.39 is 0 Å². The van der Waals surface area contributed by atoms with Gasteiger partial charge in [0.25, 0.3) is 0 Å². The van der Waals surface area contributed by atoms with Gasteiger partial charge in [0.2, 0.25) is 0 Å². The van der Waals surface area contributed by atoms with Crippen molar-refractivity contribution in [2.45, 2.75) is 25.8 Å². The van der Waals surface area contributed by atoms with Crippen LogP contribution in [-0.2, 0) is 0 Å². The van der Waals surface area contributed by atoms with Gasteiger partial charge in [0.1, 0.15) is 0 Å². The zero-order valence-electron chi connectivity index (χ0n) is 7.58. The van der Waals surface area contributed by atoms with Gasteiger partial charge in [-0.15, -0.1) is 11.3 Å². The SMILES string of the molecule is Cc1ccsc1C(N)C1(C#N)CC1. The van der Waals surface area contributed by atoms with E-state index in [0.717, 1.165) is 12.8 Å². The van der Waals surface area contributed by atoms with Crippen LogP contribution >= 0.6 is 11.3 Å². The Morgan fingerprint density at radius 1 is 1.69 bits per heavy atom. The summed E-state index contributed by atoms with van der Waals surface area (Å²) in [7, 11) is 0. The molecular weight excluding hydrogens is 180 g/mol. The molecule has 2 rings (SSSR count). The van der Waals surface area contributed by atoms with Crippen LogP contribution in [0.1, 0.15) is 29.3 Å². The predicted octanol–water partition coefficient (Wildman–Crippen LogP) is 2.36. The lowest BCUT2D eigenvalue weighted by Crippen LogP contribution is -2.20. The molecule has 0 spiro atoms. The molecular formula is C10H12N2S. The summed E-state index contributed by atoms with van der Waals surface area (Å²) in [5.41, 5.74) is 7.06. The molecule has 1 unspecified atom stereocenters. The first kappa shape index (κ1) is 8.74. The highest BCUT2D eigenvalue weighted by Crippen LogP contribution is 2.54. The van der Waals surface area contributed by atoms with E-state index in [1.165, 1.54) is 10.4 Å². The van der Waals surface area contributed by atoms with E-state index in [-0.39, 0.29) is 11.5 Å². The Kier molecular flexibility index (Phi) is 1.90. The highest BCUT2D eigenvalue weighted by atomic mass is 32.1. The topological polar surface area (TPSA) is 49.8 Å². The van der Waals surface area contributed by atoms with Crippen LogP contribution in [0.5, 0.6) is 0 Å². The van der Waals surface area contributed by atoms with Crippen molar-refractivity contribution < 1.29 is 0 Å². The molecule has 13 heavy (non-hydrogen) atoms. The number of aryl methyl sites for hydroxylation is 1. The Bertz CT molecular complexity index is 357. The molecule has 1 heterocycles. The first-order valence-corrected chi connectivity index (χ1v) is 5.28. The molecule has 0 aromatic carbocycles. The van der Waals surface area contributed by atoms with E-state index in [4.69, 9.17) is 11.0 Å². The Morgan fingerprint density at radius 2 is 2.38 bits per heavy atom. The quantitative estimate of drug-likeness (QED) is 0.782. The standard InChI is InChI=1S/C10H12N2S/c1-7-2-5-13-8(7)9(12)10(6-11)3-4-10/h2,5,9H,3-4,12H2,1H3. The average molecular weight is 192 g/mol. The summed E-state index contributed by atoms with van der Waals surface area (Å²) in [6, 6.07) is 4.34. The maximum Gasteiger partial charge on any atom is 0.0775 e. The second-order valence-corrected chi connectivity index (χ2v) is 4.66. The maximum atomic E-state index is 8.99. The third-order valence-corrected chi connectivity index (χ3v) is 3.89. The molecule has 0 amide bonds. The molecule has 3 heteroatoms. The van der Waals surface area contributed by atoms with Gasteiger partial charge >= 0.3 is 0 Å². The van der Waals surface area contributed by atoms with Crippen LogP contribution in [0, 0.1) is 23.7 Å². The molecule has 1 aromatic heterocycles. The van der Waals surface area contributed by atoms with Gasteiger partial charge in [0, 0.05) is 4.88 Å². The number of thiophene rings is 1. The summed E-state index contributed by atoms with van der Waals surface area (Å²) < 4.78 is 0. The predicted molar refractivity (Wildman–Crippen MR) is 53.3 cm³/mol. The minimum absolute atomic E-state index is 0.0718. The highest BCUT2D eigenvalue weighted by Gasteiger charge is 2.49. The monoisotopic (exact) mass is 192 g/mol. The number of nitrogens with two attached hydrogens (primary N) is 1. The molecule has 0 aliphatic heterocycles. The van der Waals surface area contributed by atoms with Gasteiger partial charge < -0.3 is 5.73 Å². The van der Waals surface area contributed by atoms with Crippen molar-refractivity contribution in [3.8, 4) is 6.07 Å². The molecule has 1 fully saturated rings. The van der Waals surface area contributed by atoms with Crippen LogP contribution < -0.4 is 5.73 Å². The number of hydrogen-bond donors (Lipinski definition) is 1. The molecule has 1 aliphatic rings. The molecule has 0 bridgehead atoms. The number of nitrogens with zero attached hydrogens (tertiary/aromatic N) is 1. The summed E-state index contributed by atoms with van der Waals surface area (Å²) in [6.07, 6.45) is 1.92. The van der Waals surface area contributed by atoms with Crippen molar-refractivity contribution in [1.82, 2.24) is 0 Å². The maximum absolute atomic E-state index is 8.99. The lowest BCUT2D eigenvalue weighted by molar-refractivity contribution is 0.525. The van der Waals surface area contributed by atoms with Crippen molar-refractivity contribution in [3.63, 3.8) is 0 Å². The van der Waals surface area contributed by atoms with Crippen LogP contribution in [0.4, 0.5) is 0 Å². The normalized spacial score (nSPS) is 20.7. The van der Waals surface area contributed by atoms with Crippen LogP contribution in [-0.4, -0.2) is 0 Å². The molecule has 1 atom stereocenters. The van der Waals surface area contributed by atoms with E-state index in [0.29, 0.717) is 0 Å². The van der Waals surface area contributed by atoms with Gasteiger partial charge in [-0.1, -0.05) is 0 Å². The van der Waals surface area contributed by atoms with Gasteiger partial charge in [-0.05, 0) is 36.8 Å². The van der Waals surface area contributed by atoms with Crippen molar-refractivity contribution in [3.05, 3.63) is 21.9 Å². The van der Waals surface area contributed by atoms with Crippen LogP contribution in [0.2, 0.25) is 0 Å². The van der Waals surface area contributed by atoms with E-state index in [9.17, 15) is 0 Å². The summed E-state index contributed by atoms with van der Waals surface area (Å²) >= 11 is 1.66. The Labute approximate surface area is 82.0 Å². The lowest BCUT2D eigenvalue weighted by atomic mass is 9.96. The third-order valence-electron chi connectivity index (χ3n) is 2.79. The Balaban J connectivity index is 2.29. The zero-order chi connectivity index (χ0) is 9.47. The van der Waals surface area contributed by atoms with Gasteiger partial charge in [0.05, 0.1) is 17.5 Å². The van der Waals surface area contributed by atoms with Crippen LogP contribution in [0.3, 0.4) is 0 Å². The van der Waals surface area contributed by atoms with Crippen molar-refractivity contribution in [1.29, 1.82) is 5.26 Å². The summed E-state index contributed by atoms with van der Waals surface area (Å²) in [4.78, 5) is 1.18. The third kappa shape index (κ3) is 1.27. The van der Waals surface area contributed by atoms with Gasteiger partial charge in [0.15, 0.2) is 0 Å². The molecule has 68 valence electrons. The fourth-order valence-electron chi connectivity index (χ4n) is 1.58. The van der Waals surface area contributed by atoms with Gasteiger partial charge in [-0.25, -0.2) is 0 Å². The second kappa shape index (κ2) is 2.83.